The van der Waals surface area contributed by atoms with Crippen molar-refractivity contribution in [2.75, 3.05) is 19.6 Å². The molecule has 0 bridgehead atoms. The van der Waals surface area contributed by atoms with Gasteiger partial charge in [0.25, 0.3) is 0 Å². The van der Waals surface area contributed by atoms with E-state index in [0.29, 0.717) is 18.8 Å². The lowest BCUT2D eigenvalue weighted by Crippen LogP contribution is -2.25. The molecule has 0 aliphatic heterocycles. The van der Waals surface area contributed by atoms with Crippen LogP contribution in [0.2, 0.25) is 0 Å². The number of guanidine groups is 1. The highest BCUT2D eigenvalue weighted by Gasteiger charge is 1.90. The number of ketones is 2. The van der Waals surface area contributed by atoms with E-state index in [1.165, 1.54) is 13.8 Å². The molecule has 0 aromatic carbocycles. The molecule has 0 aromatic rings. The smallest absolute Gasteiger partial charge is 0.186 e. The standard InChI is InChI=1S/C6H12N2O.C4H9N3O.CH4/c1-5(7)3-8-4-6(2)9;1-3(8)2-7-4(5)6;/h7-8H,3-4H2,1-2H3;2H2,1H3,(H4,5,6,7);1H4. The van der Waals surface area contributed by atoms with Crippen LogP contribution in [0.25, 0.3) is 0 Å². The number of carbonyl (C=O) groups is 2. The summed E-state index contributed by atoms with van der Waals surface area (Å²) in [7, 11) is 0. The zero-order valence-corrected chi connectivity index (χ0v) is 10.5. The van der Waals surface area contributed by atoms with Gasteiger partial charge in [-0.3, -0.25) is 9.59 Å². The number of nitrogens with zero attached hydrogens (tertiary/aromatic N) is 1. The highest BCUT2D eigenvalue weighted by atomic mass is 16.1. The predicted molar refractivity (Wildman–Crippen MR) is 75.0 cm³/mol. The lowest BCUT2D eigenvalue weighted by molar-refractivity contribution is -0.116. The minimum absolute atomic E-state index is 0. The Morgan fingerprint density at radius 3 is 1.83 bits per heavy atom. The van der Waals surface area contributed by atoms with Gasteiger partial charge < -0.3 is 22.2 Å². The van der Waals surface area contributed by atoms with Gasteiger partial charge in [0.05, 0.1) is 6.54 Å². The van der Waals surface area contributed by atoms with Crippen LogP contribution in [0.1, 0.15) is 28.2 Å². The van der Waals surface area contributed by atoms with Gasteiger partial charge in [0.2, 0.25) is 0 Å². The first-order valence-electron chi connectivity index (χ1n) is 5.04. The average Bonchev–Trinajstić information content (AvgIpc) is 2.14. The molecule has 0 fully saturated rings. The SMILES string of the molecule is C.CC(=N)CNCC(C)=O.CC(=O)CN=C(N)N. The van der Waals surface area contributed by atoms with Crippen LogP contribution in [0.5, 0.6) is 0 Å². The first-order chi connectivity index (χ1) is 7.75. The summed E-state index contributed by atoms with van der Waals surface area (Å²) in [5, 5.41) is 9.77. The Morgan fingerprint density at radius 1 is 1.11 bits per heavy atom. The zero-order chi connectivity index (χ0) is 13.8. The van der Waals surface area contributed by atoms with Crippen molar-refractivity contribution < 1.29 is 9.59 Å². The molecular formula is C11H25N5O2. The number of nitrogens with one attached hydrogen (secondary N) is 2. The number of carbonyl (C=O) groups excluding carboxylic acids is 2. The Hall–Kier alpha value is -1.76. The summed E-state index contributed by atoms with van der Waals surface area (Å²) in [6.07, 6.45) is 0. The van der Waals surface area contributed by atoms with E-state index in [0.717, 1.165) is 0 Å². The maximum absolute atomic E-state index is 10.3. The van der Waals surface area contributed by atoms with Gasteiger partial charge in [-0.1, -0.05) is 7.43 Å². The second kappa shape index (κ2) is 13.3. The largest absolute Gasteiger partial charge is 0.370 e. The van der Waals surface area contributed by atoms with Gasteiger partial charge in [-0.2, -0.15) is 0 Å². The molecule has 0 aliphatic carbocycles. The van der Waals surface area contributed by atoms with Gasteiger partial charge in [-0.05, 0) is 20.8 Å². The van der Waals surface area contributed by atoms with Gasteiger partial charge in [0.1, 0.15) is 12.3 Å². The highest BCUT2D eigenvalue weighted by Crippen LogP contribution is 1.69. The van der Waals surface area contributed by atoms with Crippen LogP contribution in [0, 0.1) is 5.41 Å². The fourth-order valence-corrected chi connectivity index (χ4v) is 0.629. The second-order valence-electron chi connectivity index (χ2n) is 3.53. The number of rotatable bonds is 6. The summed E-state index contributed by atoms with van der Waals surface area (Å²) in [5.74, 6) is 0.0230. The van der Waals surface area contributed by atoms with Gasteiger partial charge in [0.15, 0.2) is 11.7 Å². The Labute approximate surface area is 109 Å². The zero-order valence-electron chi connectivity index (χ0n) is 10.5. The molecule has 18 heavy (non-hydrogen) atoms. The molecule has 0 heterocycles. The van der Waals surface area contributed by atoms with Crippen molar-refractivity contribution in [1.82, 2.24) is 5.32 Å². The van der Waals surface area contributed by atoms with Crippen LogP contribution < -0.4 is 16.8 Å². The van der Waals surface area contributed by atoms with E-state index < -0.39 is 0 Å². The Bertz CT molecular complexity index is 282. The van der Waals surface area contributed by atoms with Crippen molar-refractivity contribution in [3.8, 4) is 0 Å². The number of aliphatic imine (C=N–C) groups is 1. The number of nitrogens with two attached hydrogens (primary N) is 2. The van der Waals surface area contributed by atoms with Crippen molar-refractivity contribution in [2.24, 2.45) is 16.5 Å². The molecule has 7 heteroatoms. The molecule has 0 amide bonds. The third-order valence-electron chi connectivity index (χ3n) is 1.25. The Morgan fingerprint density at radius 2 is 1.61 bits per heavy atom. The fraction of sp³-hybridized carbons (Fsp3) is 0.636. The van der Waals surface area contributed by atoms with E-state index in [1.54, 1.807) is 6.92 Å². The Balaban J connectivity index is -0.000000238. The van der Waals surface area contributed by atoms with Crippen molar-refractivity contribution in [1.29, 1.82) is 5.41 Å². The minimum atomic E-state index is -0.0431. The first kappa shape index (κ1) is 21.5. The average molecular weight is 259 g/mol. The number of hydrogen-bond acceptors (Lipinski definition) is 5. The predicted octanol–water partition coefficient (Wildman–Crippen LogP) is -0.310. The van der Waals surface area contributed by atoms with E-state index >= 15 is 0 Å². The van der Waals surface area contributed by atoms with Crippen LogP contribution in [-0.2, 0) is 9.59 Å². The molecule has 0 radical (unpaired) electrons. The molecular weight excluding hydrogens is 234 g/mol. The first-order valence-corrected chi connectivity index (χ1v) is 5.04. The summed E-state index contributed by atoms with van der Waals surface area (Å²) < 4.78 is 0. The van der Waals surface area contributed by atoms with Crippen molar-refractivity contribution in [3.05, 3.63) is 0 Å². The molecule has 0 rings (SSSR count). The van der Waals surface area contributed by atoms with Crippen molar-refractivity contribution >= 4 is 23.2 Å². The van der Waals surface area contributed by atoms with Crippen molar-refractivity contribution in [3.63, 3.8) is 0 Å². The van der Waals surface area contributed by atoms with E-state index in [9.17, 15) is 9.59 Å². The monoisotopic (exact) mass is 259 g/mol. The molecule has 106 valence electrons. The van der Waals surface area contributed by atoms with Gasteiger partial charge in [0, 0.05) is 12.3 Å². The molecule has 0 atom stereocenters. The summed E-state index contributed by atoms with van der Waals surface area (Å²) in [5.41, 5.74) is 10.4. The lowest BCUT2D eigenvalue weighted by atomic mass is 10.4. The van der Waals surface area contributed by atoms with E-state index in [-0.39, 0.29) is 31.5 Å². The van der Waals surface area contributed by atoms with Crippen LogP contribution in [0.4, 0.5) is 0 Å². The molecule has 0 spiro atoms. The van der Waals surface area contributed by atoms with Crippen LogP contribution in [0.3, 0.4) is 0 Å². The lowest BCUT2D eigenvalue weighted by Gasteiger charge is -1.97. The maximum Gasteiger partial charge on any atom is 0.186 e. The quantitative estimate of drug-likeness (QED) is 0.383. The van der Waals surface area contributed by atoms with Crippen LogP contribution >= 0.6 is 0 Å². The van der Waals surface area contributed by atoms with E-state index in [2.05, 4.69) is 10.3 Å². The third kappa shape index (κ3) is 29.2. The summed E-state index contributed by atoms with van der Waals surface area (Å²) in [6.45, 7) is 5.62. The van der Waals surface area contributed by atoms with E-state index in [1.807, 2.05) is 0 Å². The molecule has 0 aliphatic rings. The normalized spacial score (nSPS) is 8.17. The molecule has 0 saturated heterocycles. The summed E-state index contributed by atoms with van der Waals surface area (Å²) in [4.78, 5) is 23.9. The number of hydrogen-bond donors (Lipinski definition) is 4. The maximum atomic E-state index is 10.3. The number of Topliss-reactive ketones (excluding diaryl/α,β-unsaturated/α-hetero) is 2. The van der Waals surface area contributed by atoms with Gasteiger partial charge >= 0.3 is 0 Å². The Kier molecular flexibility index (Phi) is 15.9. The topological polar surface area (TPSA) is 134 Å². The van der Waals surface area contributed by atoms with Gasteiger partial charge in [-0.15, -0.1) is 0 Å². The molecule has 0 unspecified atom stereocenters. The van der Waals surface area contributed by atoms with Crippen LogP contribution in [0.15, 0.2) is 4.99 Å². The summed E-state index contributed by atoms with van der Waals surface area (Å²) >= 11 is 0. The van der Waals surface area contributed by atoms with Crippen LogP contribution in [-0.4, -0.2) is 42.9 Å². The molecule has 6 N–H and O–H groups in total. The second-order valence-corrected chi connectivity index (χ2v) is 3.53. The highest BCUT2D eigenvalue weighted by molar-refractivity contribution is 5.83. The fourth-order valence-electron chi connectivity index (χ4n) is 0.629. The molecule has 0 saturated carbocycles. The van der Waals surface area contributed by atoms with E-state index in [4.69, 9.17) is 16.9 Å². The van der Waals surface area contributed by atoms with Crippen molar-refractivity contribution in [2.45, 2.75) is 28.2 Å². The van der Waals surface area contributed by atoms with Gasteiger partial charge in [-0.25, -0.2) is 4.99 Å². The minimum Gasteiger partial charge on any atom is -0.370 e. The molecule has 0 aromatic heterocycles. The summed E-state index contributed by atoms with van der Waals surface area (Å²) in [6, 6.07) is 0. The third-order valence-corrected chi connectivity index (χ3v) is 1.25. The molecule has 7 nitrogen and oxygen atoms in total.